The van der Waals surface area contributed by atoms with Crippen LogP contribution in [-0.4, -0.2) is 56.0 Å². The van der Waals surface area contributed by atoms with E-state index in [1.54, 1.807) is 0 Å². The zero-order valence-corrected chi connectivity index (χ0v) is 62.7. The Labute approximate surface area is 638 Å². The molecule has 0 bridgehead atoms. The van der Waals surface area contributed by atoms with E-state index in [0.29, 0.717) is 0 Å². The van der Waals surface area contributed by atoms with Gasteiger partial charge in [-0.3, -0.25) is 0 Å². The third-order valence-electron chi connectivity index (χ3n) is 23.4. The zero-order valence-electron chi connectivity index (χ0n) is 60.4. The van der Waals surface area contributed by atoms with E-state index in [4.69, 9.17) is 39.9 Å². The normalized spacial score (nSPS) is 13.5. The summed E-state index contributed by atoms with van der Waals surface area (Å²) in [6.07, 6.45) is 7.52. The summed E-state index contributed by atoms with van der Waals surface area (Å²) >= 11 is 0. The molecule has 2 aliphatic heterocycles. The van der Waals surface area contributed by atoms with Gasteiger partial charge in [0.05, 0.1) is 0 Å². The standard InChI is InChI=1S/C100H68N8Si2/c1-63-30-46-93-81(54-63)83-61-75(40-48-95(83)109(93,77-22-12-18-71(57-77)85-26-3-7-50-101-85)78-23-13-19-72(58-78)86-27-4-8-51-102-86)91-44-38-67-34-32-65-36-42-89(105-97(65)99(67)107-91)69-16-11-17-70(56-69)90-43-37-66-33-35-68-39-45-92(108-100(68)98(66)106-90)76-41-49-96-84(62-76)82-55-64(2)31-47-94(82)110(96,79-24-14-20-73(59-79)87-28-5-9-52-103-87)80-25-15-21-74(60-80)88-29-6-10-53-104-88/h3-62,109-110H,1-2H3/q-2. The Morgan fingerprint density at radius 1 is 0.191 bits per heavy atom. The number of aromatic nitrogens is 8. The van der Waals surface area contributed by atoms with Gasteiger partial charge in [0.2, 0.25) is 0 Å². The average Bonchev–Trinajstić information content (AvgIpc) is 1.53. The summed E-state index contributed by atoms with van der Waals surface area (Å²) in [5.41, 5.74) is 26.6. The summed E-state index contributed by atoms with van der Waals surface area (Å²) in [7, 11) is -6.98. The van der Waals surface area contributed by atoms with Gasteiger partial charge in [0, 0.05) is 0 Å². The van der Waals surface area contributed by atoms with Crippen LogP contribution < -0.4 is 41.5 Å². The second-order valence-corrected chi connectivity index (χ2v) is 38.3. The van der Waals surface area contributed by atoms with E-state index in [9.17, 15) is 0 Å². The molecule has 21 rings (SSSR count). The van der Waals surface area contributed by atoms with Crippen molar-refractivity contribution in [1.82, 2.24) is 39.9 Å². The molecule has 2 aliphatic rings. The molecule has 19 aromatic rings. The molecule has 0 amide bonds. The maximum absolute atomic E-state index is 5.59. The van der Waals surface area contributed by atoms with Crippen LogP contribution in [-0.2, 0) is 0 Å². The van der Waals surface area contributed by atoms with Gasteiger partial charge >= 0.3 is 637 Å². The van der Waals surface area contributed by atoms with Crippen LogP contribution in [0.3, 0.4) is 0 Å². The van der Waals surface area contributed by atoms with Gasteiger partial charge in [-0.1, -0.05) is 6.07 Å². The Bertz CT molecular complexity index is 6370. The molecule has 10 heterocycles. The van der Waals surface area contributed by atoms with E-state index < -0.39 is 16.1 Å². The van der Waals surface area contributed by atoms with E-state index in [2.05, 4.69) is 329 Å². The Morgan fingerprint density at radius 2 is 0.445 bits per heavy atom. The van der Waals surface area contributed by atoms with Crippen LogP contribution in [0.5, 0.6) is 0 Å². The van der Waals surface area contributed by atoms with Gasteiger partial charge in [0.1, 0.15) is 0 Å². The number of rotatable bonds is 12. The first-order chi connectivity index (χ1) is 54.3. The van der Waals surface area contributed by atoms with Crippen molar-refractivity contribution in [1.29, 1.82) is 0 Å². The quantitative estimate of drug-likeness (QED) is 0.0880. The molecule has 0 aliphatic carbocycles. The molecule has 10 heteroatoms. The monoisotopic (exact) mass is 1440 g/mol. The molecule has 0 radical (unpaired) electrons. The molecule has 0 saturated carbocycles. The van der Waals surface area contributed by atoms with Gasteiger partial charge in [-0.05, 0) is 0 Å². The number of pyridine rings is 8. The van der Waals surface area contributed by atoms with Gasteiger partial charge in [-0.2, -0.15) is 0 Å². The Balaban J connectivity index is 0.640. The number of nitrogens with zero attached hydrogens (tertiary/aromatic N) is 8. The van der Waals surface area contributed by atoms with Crippen LogP contribution in [0.25, 0.3) is 156 Å². The van der Waals surface area contributed by atoms with E-state index in [0.717, 1.165) is 134 Å². The summed E-state index contributed by atoms with van der Waals surface area (Å²) in [4.78, 5) is 41.6. The molecule has 11 aromatic carbocycles. The van der Waals surface area contributed by atoms with Crippen molar-refractivity contribution < 1.29 is 0 Å². The van der Waals surface area contributed by atoms with Crippen LogP contribution in [0.15, 0.2) is 365 Å². The average molecular weight is 1440 g/mol. The van der Waals surface area contributed by atoms with Gasteiger partial charge in [0.15, 0.2) is 0 Å². The number of hydrogen-bond donors (Lipinski definition) is 0. The summed E-state index contributed by atoms with van der Waals surface area (Å²) in [6.45, 7) is 4.41. The second-order valence-electron chi connectivity index (χ2n) is 29.7. The number of aryl methyl sites for hydroxylation is 2. The molecular formula is C100H68N8Si2-2. The van der Waals surface area contributed by atoms with Gasteiger partial charge in [0.25, 0.3) is 0 Å². The molecule has 0 saturated heterocycles. The van der Waals surface area contributed by atoms with Crippen LogP contribution in [0.4, 0.5) is 0 Å². The molecule has 0 fully saturated rings. The minimum atomic E-state index is -3.49. The van der Waals surface area contributed by atoms with Gasteiger partial charge < -0.3 is 0 Å². The third-order valence-corrected chi connectivity index (χ3v) is 34.6. The second kappa shape index (κ2) is 26.0. The first-order valence-electron chi connectivity index (χ1n) is 37.7. The molecule has 8 nitrogen and oxygen atoms in total. The Hall–Kier alpha value is -13.9. The van der Waals surface area contributed by atoms with Gasteiger partial charge in [-0.15, -0.1) is 0 Å². The molecule has 0 N–H and O–H groups in total. The molecule has 0 unspecified atom stereocenters. The summed E-state index contributed by atoms with van der Waals surface area (Å²) < 4.78 is 0. The summed E-state index contributed by atoms with van der Waals surface area (Å²) in [5.74, 6) is 0. The fourth-order valence-electron chi connectivity index (χ4n) is 18.4. The topological polar surface area (TPSA) is 103 Å². The number of fused-ring (bicyclic) bond motifs is 12. The SMILES string of the molecule is Cc1ccc2c(c1)-c1cc(-c3ccc4ccc5ccc(-c6cccc(-c7ccc8ccc9ccc(-c%10ccc%11c(c%10)-c%10cc(C)ccc%10[SiH-]%11(c%10cccc(-c%11ccccn%11)c%10)c%10cccc(-c%11ccccn%11)c%10)nc9c8n7)c6)nc5c4n3)ccc1[SiH-]2(c1cccc(-c2ccccn2)c1)c1cccc(-c2ccccn2)c1. The molecule has 110 heavy (non-hydrogen) atoms. The summed E-state index contributed by atoms with van der Waals surface area (Å²) in [6, 6.07) is 124. The number of benzene rings is 11. The van der Waals surface area contributed by atoms with E-state index in [1.165, 1.54) is 74.9 Å². The van der Waals surface area contributed by atoms with Crippen molar-refractivity contribution in [2.24, 2.45) is 0 Å². The fraction of sp³-hybridized carbons (Fsp3) is 0.0200. The van der Waals surface area contributed by atoms with Crippen molar-refractivity contribution in [3.8, 4) is 112 Å². The van der Waals surface area contributed by atoms with Crippen LogP contribution in [0.1, 0.15) is 11.1 Å². The van der Waals surface area contributed by atoms with Crippen molar-refractivity contribution in [2.45, 2.75) is 13.8 Å². The molecule has 518 valence electrons. The van der Waals surface area contributed by atoms with E-state index >= 15 is 0 Å². The molecule has 8 aromatic heterocycles. The molecule has 0 spiro atoms. The van der Waals surface area contributed by atoms with Crippen molar-refractivity contribution in [3.05, 3.63) is 376 Å². The molecule has 0 atom stereocenters. The predicted molar refractivity (Wildman–Crippen MR) is 460 cm³/mol. The molecular weight excluding hydrogens is 1370 g/mol. The number of hydrogen-bond acceptors (Lipinski definition) is 8. The third kappa shape index (κ3) is 10.5. The Kier molecular flexibility index (Phi) is 15.2. The van der Waals surface area contributed by atoms with Crippen molar-refractivity contribution in [2.75, 3.05) is 0 Å². The van der Waals surface area contributed by atoms with Crippen LogP contribution >= 0.6 is 0 Å². The maximum atomic E-state index is 5.59. The first-order valence-corrected chi connectivity index (χ1v) is 42.3. The summed E-state index contributed by atoms with van der Waals surface area (Å²) in [5, 5.41) is 14.9. The minimum absolute atomic E-state index is 0.849. The van der Waals surface area contributed by atoms with E-state index in [-0.39, 0.29) is 0 Å². The van der Waals surface area contributed by atoms with Crippen LogP contribution in [0, 0.1) is 13.8 Å². The van der Waals surface area contributed by atoms with Crippen molar-refractivity contribution >= 4 is 101 Å². The van der Waals surface area contributed by atoms with Crippen molar-refractivity contribution in [3.63, 3.8) is 0 Å². The van der Waals surface area contributed by atoms with E-state index in [1.807, 2.05) is 49.1 Å². The first kappa shape index (κ1) is 64.5. The van der Waals surface area contributed by atoms with Gasteiger partial charge in [-0.25, -0.2) is 0 Å². The Morgan fingerprint density at radius 3 is 0.736 bits per heavy atom. The fourth-order valence-corrected chi connectivity index (χ4v) is 30.4. The van der Waals surface area contributed by atoms with Crippen LogP contribution in [0.2, 0.25) is 0 Å². The zero-order chi connectivity index (χ0) is 73.0. The predicted octanol–water partition coefficient (Wildman–Crippen LogP) is 17.6.